The van der Waals surface area contributed by atoms with E-state index < -0.39 is 0 Å². The Balaban J connectivity index is 1.51. The Morgan fingerprint density at radius 2 is 1.08 bits per heavy atom. The van der Waals surface area contributed by atoms with Crippen LogP contribution in [0.4, 0.5) is 0 Å². The van der Waals surface area contributed by atoms with Gasteiger partial charge in [0.2, 0.25) is 0 Å². The summed E-state index contributed by atoms with van der Waals surface area (Å²) < 4.78 is 0. The van der Waals surface area contributed by atoms with Crippen molar-refractivity contribution in [2.75, 3.05) is 0 Å². The van der Waals surface area contributed by atoms with Gasteiger partial charge in [-0.1, -0.05) is 101 Å². The molecule has 36 heavy (non-hydrogen) atoms. The summed E-state index contributed by atoms with van der Waals surface area (Å²) in [5, 5.41) is 0. The maximum absolute atomic E-state index is 2.42. The molecule has 4 aromatic rings. The first-order valence-corrected chi connectivity index (χ1v) is 15.6. The van der Waals surface area contributed by atoms with E-state index in [0.717, 1.165) is 0 Å². The van der Waals surface area contributed by atoms with Gasteiger partial charge in [-0.25, -0.2) is 0 Å². The molecule has 0 saturated heterocycles. The van der Waals surface area contributed by atoms with Crippen LogP contribution >= 0.6 is 22.7 Å². The third-order valence-electron chi connectivity index (χ3n) is 7.16. The van der Waals surface area contributed by atoms with E-state index in [1.54, 1.807) is 0 Å². The number of benzene rings is 2. The smallest absolute Gasteiger partial charge is 0.0524 e. The zero-order chi connectivity index (χ0) is 25.3. The third-order valence-corrected chi connectivity index (χ3v) is 9.45. The number of aryl methyl sites for hydroxylation is 4. The van der Waals surface area contributed by atoms with Crippen molar-refractivity contribution in [2.45, 2.75) is 91.9 Å². The molecule has 0 atom stereocenters. The molecule has 2 aromatic carbocycles. The van der Waals surface area contributed by atoms with Crippen LogP contribution in [-0.2, 0) is 12.8 Å². The van der Waals surface area contributed by atoms with Crippen LogP contribution < -0.4 is 0 Å². The van der Waals surface area contributed by atoms with Crippen LogP contribution in [0.2, 0.25) is 0 Å². The molecule has 0 bridgehead atoms. The summed E-state index contributed by atoms with van der Waals surface area (Å²) in [5.41, 5.74) is 8.37. The molecule has 0 nitrogen and oxygen atoms in total. The molecular weight excluding hydrogens is 473 g/mol. The highest BCUT2D eigenvalue weighted by Gasteiger charge is 2.16. The normalized spacial score (nSPS) is 11.3. The molecule has 0 aliphatic heterocycles. The lowest BCUT2D eigenvalue weighted by atomic mass is 9.99. The molecule has 0 saturated carbocycles. The van der Waals surface area contributed by atoms with E-state index in [4.69, 9.17) is 0 Å². The first kappa shape index (κ1) is 26.9. The van der Waals surface area contributed by atoms with Gasteiger partial charge in [-0.05, 0) is 79.5 Å². The zero-order valence-electron chi connectivity index (χ0n) is 22.7. The van der Waals surface area contributed by atoms with Gasteiger partial charge in [-0.2, -0.15) is 0 Å². The molecule has 2 heterocycles. The summed E-state index contributed by atoms with van der Waals surface area (Å²) in [5.74, 6) is 0. The third kappa shape index (κ3) is 6.99. The molecule has 4 rings (SSSR count). The minimum absolute atomic E-state index is 1.20. The Bertz CT molecular complexity index is 1210. The Kier molecular flexibility index (Phi) is 10.0. The van der Waals surface area contributed by atoms with Crippen molar-refractivity contribution < 1.29 is 0 Å². The van der Waals surface area contributed by atoms with Gasteiger partial charge >= 0.3 is 0 Å². The highest BCUT2D eigenvalue weighted by atomic mass is 32.1. The minimum Gasteiger partial charge on any atom is -0.139 e. The number of hydrogen-bond donors (Lipinski definition) is 0. The second-order valence-corrected chi connectivity index (χ2v) is 12.7. The van der Waals surface area contributed by atoms with E-state index in [1.807, 2.05) is 22.7 Å². The molecule has 0 aliphatic rings. The summed E-state index contributed by atoms with van der Waals surface area (Å²) in [6.07, 6.45) is 13.0. The first-order valence-electron chi connectivity index (χ1n) is 14.0. The molecular formula is C34H42S2. The van der Waals surface area contributed by atoms with Crippen LogP contribution in [0.1, 0.15) is 86.1 Å². The number of hydrogen-bond acceptors (Lipinski definition) is 2. The molecule has 0 aliphatic carbocycles. The van der Waals surface area contributed by atoms with Crippen molar-refractivity contribution in [1.29, 1.82) is 0 Å². The number of unbranched alkanes of at least 4 members (excludes halogenated alkanes) is 6. The van der Waals surface area contributed by atoms with E-state index in [2.05, 4.69) is 88.4 Å². The van der Waals surface area contributed by atoms with Crippen molar-refractivity contribution in [1.82, 2.24) is 0 Å². The van der Waals surface area contributed by atoms with Crippen molar-refractivity contribution >= 4 is 22.7 Å². The molecule has 0 radical (unpaired) electrons. The Morgan fingerprint density at radius 1 is 0.556 bits per heavy atom. The lowest BCUT2D eigenvalue weighted by Gasteiger charge is -2.06. The Labute approximate surface area is 227 Å². The maximum Gasteiger partial charge on any atom is 0.0524 e. The fourth-order valence-corrected chi connectivity index (χ4v) is 7.20. The van der Waals surface area contributed by atoms with Gasteiger partial charge in [0.15, 0.2) is 0 Å². The standard InChI is InChI=1S/C34H42S2/c1-5-7-9-11-13-27-15-19-29(20-16-27)31-24-33(36-26(31)4)34-32(23-25(3)35-34)30-21-17-28(18-22-30)14-12-10-8-6-2/h15-24H,5-14H2,1-4H3. The van der Waals surface area contributed by atoms with Crippen molar-refractivity contribution in [3.8, 4) is 32.0 Å². The van der Waals surface area contributed by atoms with E-state index >= 15 is 0 Å². The minimum atomic E-state index is 1.20. The summed E-state index contributed by atoms with van der Waals surface area (Å²) in [7, 11) is 0. The zero-order valence-corrected chi connectivity index (χ0v) is 24.3. The lowest BCUT2D eigenvalue weighted by Crippen LogP contribution is -1.86. The van der Waals surface area contributed by atoms with Gasteiger partial charge in [0, 0.05) is 20.2 Å². The molecule has 0 fully saturated rings. The van der Waals surface area contributed by atoms with Crippen LogP contribution in [0.3, 0.4) is 0 Å². The molecule has 0 N–H and O–H groups in total. The van der Waals surface area contributed by atoms with Gasteiger partial charge in [-0.3, -0.25) is 0 Å². The molecule has 0 spiro atoms. The van der Waals surface area contributed by atoms with E-state index in [9.17, 15) is 0 Å². The molecule has 0 amide bonds. The fourth-order valence-electron chi connectivity index (χ4n) is 5.01. The van der Waals surface area contributed by atoms with Gasteiger partial charge in [0.25, 0.3) is 0 Å². The lowest BCUT2D eigenvalue weighted by molar-refractivity contribution is 0.667. The van der Waals surface area contributed by atoms with Crippen LogP contribution in [0.5, 0.6) is 0 Å². The van der Waals surface area contributed by atoms with E-state index in [0.29, 0.717) is 0 Å². The SMILES string of the molecule is CCCCCCc1ccc(-c2cc(-c3sc(C)cc3-c3ccc(CCCCCC)cc3)sc2C)cc1. The number of thiophene rings is 2. The second kappa shape index (κ2) is 13.4. The maximum atomic E-state index is 2.42. The van der Waals surface area contributed by atoms with Crippen molar-refractivity contribution in [2.24, 2.45) is 0 Å². The Hall–Kier alpha value is -2.16. The predicted molar refractivity (Wildman–Crippen MR) is 164 cm³/mol. The quantitative estimate of drug-likeness (QED) is 0.156. The fraction of sp³-hybridized carbons (Fsp3) is 0.412. The van der Waals surface area contributed by atoms with Crippen LogP contribution in [0, 0.1) is 13.8 Å². The Morgan fingerprint density at radius 3 is 1.61 bits per heavy atom. The van der Waals surface area contributed by atoms with Crippen molar-refractivity contribution in [3.05, 3.63) is 81.5 Å². The average Bonchev–Trinajstić information content (AvgIpc) is 3.48. The van der Waals surface area contributed by atoms with Gasteiger partial charge < -0.3 is 0 Å². The van der Waals surface area contributed by atoms with E-state index in [1.165, 1.54) is 117 Å². The summed E-state index contributed by atoms with van der Waals surface area (Å²) >= 11 is 3.87. The topological polar surface area (TPSA) is 0 Å². The van der Waals surface area contributed by atoms with E-state index in [-0.39, 0.29) is 0 Å². The van der Waals surface area contributed by atoms with Gasteiger partial charge in [0.1, 0.15) is 0 Å². The molecule has 190 valence electrons. The second-order valence-electron chi connectivity index (χ2n) is 10.2. The summed E-state index contributed by atoms with van der Waals surface area (Å²) in [6, 6.07) is 23.5. The van der Waals surface area contributed by atoms with Crippen LogP contribution in [0.15, 0.2) is 60.7 Å². The summed E-state index contributed by atoms with van der Waals surface area (Å²) in [6.45, 7) is 9.06. The average molecular weight is 515 g/mol. The van der Waals surface area contributed by atoms with Crippen LogP contribution in [-0.4, -0.2) is 0 Å². The van der Waals surface area contributed by atoms with Gasteiger partial charge in [0.05, 0.1) is 4.88 Å². The van der Waals surface area contributed by atoms with Crippen molar-refractivity contribution in [3.63, 3.8) is 0 Å². The highest BCUT2D eigenvalue weighted by Crippen LogP contribution is 2.45. The predicted octanol–water partition coefficient (Wildman–Crippen LogP) is 11.7. The molecule has 0 unspecified atom stereocenters. The first-order chi connectivity index (χ1) is 17.6. The largest absolute Gasteiger partial charge is 0.139 e. The number of rotatable bonds is 13. The highest BCUT2D eigenvalue weighted by molar-refractivity contribution is 7.22. The van der Waals surface area contributed by atoms with Gasteiger partial charge in [-0.15, -0.1) is 22.7 Å². The van der Waals surface area contributed by atoms with Crippen LogP contribution in [0.25, 0.3) is 32.0 Å². The molecule has 2 heteroatoms. The monoisotopic (exact) mass is 514 g/mol. The summed E-state index contributed by atoms with van der Waals surface area (Å²) in [4.78, 5) is 5.58. The molecule has 2 aromatic heterocycles.